The number of methoxy groups -OCH3 is 1. The second-order valence-corrected chi connectivity index (χ2v) is 17.5. The number of non-ortho nitro benzene ring substituents is 1. The summed E-state index contributed by atoms with van der Waals surface area (Å²) >= 11 is 0. The summed E-state index contributed by atoms with van der Waals surface area (Å²) in [6.07, 6.45) is -1.12. The van der Waals surface area contributed by atoms with Crippen LogP contribution in [0, 0.1) is 16.0 Å². The van der Waals surface area contributed by atoms with Gasteiger partial charge in [-0.3, -0.25) is 19.8 Å². The van der Waals surface area contributed by atoms with E-state index < -0.39 is 45.9 Å². The highest BCUT2D eigenvalue weighted by molar-refractivity contribution is 5.99. The van der Waals surface area contributed by atoms with Crippen LogP contribution in [0.1, 0.15) is 69.7 Å². The van der Waals surface area contributed by atoms with Gasteiger partial charge >= 0.3 is 5.97 Å². The number of aliphatic hydroxyl groups is 1. The first-order valence-corrected chi connectivity index (χ1v) is 22.6. The molecule has 68 heavy (non-hydrogen) atoms. The van der Waals surface area contributed by atoms with Crippen molar-refractivity contribution in [2.24, 2.45) is 5.92 Å². The number of dihydropyridines is 1. The third kappa shape index (κ3) is 10.8. The molecule has 1 heterocycles. The van der Waals surface area contributed by atoms with E-state index in [9.17, 15) is 34.7 Å². The molecule has 2 N–H and O–H groups in total. The van der Waals surface area contributed by atoms with Gasteiger partial charge in [0.25, 0.3) is 5.69 Å². The molecule has 2 atom stereocenters. The van der Waals surface area contributed by atoms with Gasteiger partial charge in [-0.25, -0.2) is 4.79 Å². The quantitative estimate of drug-likeness (QED) is 0.0329. The van der Waals surface area contributed by atoms with Crippen molar-refractivity contribution in [3.8, 4) is 11.5 Å². The fourth-order valence-electron chi connectivity index (χ4n) is 9.24. The SMILES string of the molecule is CCOC(=O)C1=C(C)NC(CN(CC(C)(C)N(CC(O)COc2ccccc2OC)C(c2ccccc2)(c2ccccc2)c2ccccc2)C(=O)C(C)C)=C(C(=O)[O-])C1c1cccc([N+](=O)[O-])c1. The molecular formula is C54H59N4O10-. The zero-order valence-electron chi connectivity index (χ0n) is 39.5. The molecule has 0 radical (unpaired) electrons. The van der Waals surface area contributed by atoms with Crippen molar-refractivity contribution < 1.29 is 43.7 Å². The molecule has 0 fully saturated rings. The Hall–Kier alpha value is -7.29. The lowest BCUT2D eigenvalue weighted by Gasteiger charge is -2.54. The largest absolute Gasteiger partial charge is 0.545 e. The number of ether oxygens (including phenoxy) is 3. The Morgan fingerprint density at radius 1 is 0.809 bits per heavy atom. The van der Waals surface area contributed by atoms with Crippen molar-refractivity contribution in [3.63, 3.8) is 0 Å². The van der Waals surface area contributed by atoms with Crippen LogP contribution in [0.2, 0.25) is 0 Å². The zero-order valence-corrected chi connectivity index (χ0v) is 39.5. The van der Waals surface area contributed by atoms with Crippen molar-refractivity contribution in [3.05, 3.63) is 194 Å². The molecule has 6 rings (SSSR count). The minimum absolute atomic E-state index is 0.00457. The zero-order chi connectivity index (χ0) is 49.2. The fourth-order valence-corrected chi connectivity index (χ4v) is 9.24. The number of esters is 1. The van der Waals surface area contributed by atoms with E-state index in [-0.39, 0.29) is 72.5 Å². The van der Waals surface area contributed by atoms with Gasteiger partial charge in [0.05, 0.1) is 42.3 Å². The Kier molecular flexibility index (Phi) is 16.2. The highest BCUT2D eigenvalue weighted by Crippen LogP contribution is 2.47. The van der Waals surface area contributed by atoms with Crippen LogP contribution in [0.25, 0.3) is 0 Å². The molecule has 1 aliphatic rings. The van der Waals surface area contributed by atoms with Gasteiger partial charge in [-0.05, 0) is 62.1 Å². The number of nitrogens with zero attached hydrogens (tertiary/aromatic N) is 3. The van der Waals surface area contributed by atoms with E-state index in [1.165, 1.54) is 24.3 Å². The number of hydrogen-bond donors (Lipinski definition) is 2. The van der Waals surface area contributed by atoms with E-state index in [2.05, 4.69) is 10.2 Å². The van der Waals surface area contributed by atoms with Crippen LogP contribution < -0.4 is 19.9 Å². The van der Waals surface area contributed by atoms with E-state index >= 15 is 0 Å². The highest BCUT2D eigenvalue weighted by Gasteiger charge is 2.50. The van der Waals surface area contributed by atoms with Gasteiger partial charge in [0.2, 0.25) is 5.91 Å². The van der Waals surface area contributed by atoms with Crippen LogP contribution >= 0.6 is 0 Å². The number of nitro groups is 1. The number of aliphatic carboxylic acids is 1. The Balaban J connectivity index is 1.55. The molecule has 0 bridgehead atoms. The monoisotopic (exact) mass is 923 g/mol. The first-order valence-electron chi connectivity index (χ1n) is 22.6. The summed E-state index contributed by atoms with van der Waals surface area (Å²) in [6, 6.07) is 42.3. The number of carbonyl (C=O) groups is 3. The second kappa shape index (κ2) is 22.0. The molecule has 1 aliphatic heterocycles. The summed E-state index contributed by atoms with van der Waals surface area (Å²) in [6.45, 7) is 10.2. The van der Waals surface area contributed by atoms with Crippen molar-refractivity contribution in [1.82, 2.24) is 15.1 Å². The summed E-state index contributed by atoms with van der Waals surface area (Å²) in [7, 11) is 1.54. The lowest BCUT2D eigenvalue weighted by Crippen LogP contribution is -2.64. The molecule has 2 unspecified atom stereocenters. The lowest BCUT2D eigenvalue weighted by atomic mass is 9.73. The van der Waals surface area contributed by atoms with Gasteiger partial charge in [-0.2, -0.15) is 0 Å². The number of carbonyl (C=O) groups excluding carboxylic acids is 3. The van der Waals surface area contributed by atoms with Crippen LogP contribution in [0.15, 0.2) is 162 Å². The van der Waals surface area contributed by atoms with Crippen LogP contribution in [-0.2, 0) is 24.7 Å². The number of amides is 1. The topological polar surface area (TPSA) is 184 Å². The van der Waals surface area contributed by atoms with Gasteiger partial charge in [-0.1, -0.05) is 129 Å². The Labute approximate surface area is 397 Å². The van der Waals surface area contributed by atoms with Gasteiger partial charge in [0.1, 0.15) is 12.7 Å². The number of rotatable bonds is 21. The molecule has 5 aromatic rings. The third-order valence-electron chi connectivity index (χ3n) is 12.1. The van der Waals surface area contributed by atoms with Crippen LogP contribution in [0.5, 0.6) is 11.5 Å². The molecule has 0 spiro atoms. The maximum absolute atomic E-state index is 14.8. The molecule has 0 saturated carbocycles. The number of β-amino-alcohol motifs (C(OH)–C–C–N with tert-alkyl or cyclic N) is 1. The number of carboxylic acids is 1. The number of allylic oxidation sites excluding steroid dienone is 1. The predicted molar refractivity (Wildman–Crippen MR) is 256 cm³/mol. The smallest absolute Gasteiger partial charge is 0.336 e. The van der Waals surface area contributed by atoms with E-state index in [0.717, 1.165) is 16.7 Å². The van der Waals surface area contributed by atoms with E-state index in [1.54, 1.807) is 51.8 Å². The summed E-state index contributed by atoms with van der Waals surface area (Å²) in [5, 5.41) is 40.9. The molecule has 14 heteroatoms. The van der Waals surface area contributed by atoms with Crippen LogP contribution in [0.4, 0.5) is 5.69 Å². The fraction of sp³-hybridized carbons (Fsp3) is 0.315. The standard InChI is InChI=1S/C54H60N4O10/c1-8-67-52(63)47-37(4)55-44(49(51(61)62)48(47)38-21-20-28-42(31-38)58(64)65)33-56(50(60)36(2)3)35-53(5,6)57(32-43(59)34-68-46-30-19-18-29-45(46)66-7)54(39-22-12-9-13-23-39,40-24-14-10-15-25-40)41-26-16-11-17-27-41/h9-31,36,43,48,55,59H,8,32-35H2,1-7H3,(H,61,62)/p-1. The molecule has 0 saturated heterocycles. The normalized spacial score (nSPS) is 14.6. The van der Waals surface area contributed by atoms with E-state index in [4.69, 9.17) is 14.2 Å². The first kappa shape index (κ1) is 50.1. The van der Waals surface area contributed by atoms with Crippen molar-refractivity contribution in [2.45, 2.75) is 64.6 Å². The van der Waals surface area contributed by atoms with Crippen LogP contribution in [0.3, 0.4) is 0 Å². The average molecular weight is 924 g/mol. The Morgan fingerprint density at radius 2 is 1.35 bits per heavy atom. The third-order valence-corrected chi connectivity index (χ3v) is 12.1. The van der Waals surface area contributed by atoms with Gasteiger partial charge in [-0.15, -0.1) is 0 Å². The molecule has 14 nitrogen and oxygen atoms in total. The number of para-hydroxylation sites is 2. The Morgan fingerprint density at radius 3 is 1.85 bits per heavy atom. The van der Waals surface area contributed by atoms with Crippen molar-refractivity contribution >= 4 is 23.5 Å². The Bertz CT molecular complexity index is 2540. The minimum atomic E-state index is -1.65. The van der Waals surface area contributed by atoms with Gasteiger partial charge in [0.15, 0.2) is 11.5 Å². The number of hydrogen-bond acceptors (Lipinski definition) is 12. The number of aliphatic hydroxyl groups excluding tert-OH is 1. The molecule has 5 aromatic carbocycles. The van der Waals surface area contributed by atoms with Crippen molar-refractivity contribution in [2.75, 3.05) is 40.0 Å². The summed E-state index contributed by atoms with van der Waals surface area (Å²) in [4.78, 5) is 57.1. The van der Waals surface area contributed by atoms with Gasteiger partial charge < -0.3 is 39.4 Å². The molecule has 0 aliphatic carbocycles. The predicted octanol–water partition coefficient (Wildman–Crippen LogP) is 7.13. The summed E-state index contributed by atoms with van der Waals surface area (Å²) in [5.74, 6) is -3.77. The second-order valence-electron chi connectivity index (χ2n) is 17.5. The molecule has 356 valence electrons. The molecule has 0 aromatic heterocycles. The highest BCUT2D eigenvalue weighted by atomic mass is 16.6. The number of nitrogens with one attached hydrogen (secondary N) is 1. The first-order chi connectivity index (χ1) is 32.5. The van der Waals surface area contributed by atoms with Crippen LogP contribution in [-0.4, -0.2) is 89.3 Å². The van der Waals surface area contributed by atoms with Gasteiger partial charge in [0, 0.05) is 59.6 Å². The molecular weight excluding hydrogens is 865 g/mol. The van der Waals surface area contributed by atoms with E-state index in [1.807, 2.05) is 117 Å². The molecule has 1 amide bonds. The maximum atomic E-state index is 14.8. The maximum Gasteiger partial charge on any atom is 0.336 e. The average Bonchev–Trinajstić information content (AvgIpc) is 3.33. The summed E-state index contributed by atoms with van der Waals surface area (Å²) in [5.41, 5.74) is 0.0667. The summed E-state index contributed by atoms with van der Waals surface area (Å²) < 4.78 is 17.2. The van der Waals surface area contributed by atoms with E-state index in [0.29, 0.717) is 11.5 Å². The number of carboxylic acid groups (broad SMARTS) is 1. The lowest BCUT2D eigenvalue weighted by molar-refractivity contribution is -0.384. The minimum Gasteiger partial charge on any atom is -0.545 e. The number of benzene rings is 5. The van der Waals surface area contributed by atoms with Crippen molar-refractivity contribution in [1.29, 1.82) is 0 Å². The number of nitro benzene ring substituents is 1.